The van der Waals surface area contributed by atoms with Crippen LogP contribution in [0.15, 0.2) is 24.4 Å². The third kappa shape index (κ3) is 2.15. The van der Waals surface area contributed by atoms with Crippen molar-refractivity contribution in [2.24, 2.45) is 0 Å². The number of nitrogens with two attached hydrogens (primary N) is 1. The first-order valence-electron chi connectivity index (χ1n) is 5.61. The number of nitrogens with zero attached hydrogens (tertiary/aromatic N) is 2. The Morgan fingerprint density at radius 3 is 3.05 bits per heavy atom. The van der Waals surface area contributed by atoms with Crippen molar-refractivity contribution in [2.45, 2.75) is 6.92 Å². The number of carbonyl (C=O) groups is 1. The molecular formula is C12H11N5OS. The number of hydrogen-bond donors (Lipinski definition) is 3. The smallest absolute Gasteiger partial charge is 0.277 e. The van der Waals surface area contributed by atoms with Gasteiger partial charge in [0.1, 0.15) is 5.69 Å². The first-order chi connectivity index (χ1) is 9.13. The van der Waals surface area contributed by atoms with Gasteiger partial charge in [-0.2, -0.15) is 5.10 Å². The molecule has 3 rings (SSSR count). The van der Waals surface area contributed by atoms with E-state index in [1.807, 2.05) is 25.1 Å². The van der Waals surface area contributed by atoms with Crippen LogP contribution in [0.5, 0.6) is 0 Å². The summed E-state index contributed by atoms with van der Waals surface area (Å²) in [5.41, 5.74) is 8.20. The molecule has 0 radical (unpaired) electrons. The Morgan fingerprint density at radius 2 is 2.32 bits per heavy atom. The van der Waals surface area contributed by atoms with Crippen molar-refractivity contribution < 1.29 is 4.79 Å². The zero-order valence-corrected chi connectivity index (χ0v) is 10.9. The van der Waals surface area contributed by atoms with E-state index in [0.29, 0.717) is 10.8 Å². The minimum atomic E-state index is -0.342. The number of nitrogens with one attached hydrogen (secondary N) is 2. The van der Waals surface area contributed by atoms with Crippen LogP contribution in [-0.2, 0) is 0 Å². The highest BCUT2D eigenvalue weighted by atomic mass is 32.1. The van der Waals surface area contributed by atoms with Crippen LogP contribution in [0.1, 0.15) is 16.1 Å². The maximum absolute atomic E-state index is 11.9. The van der Waals surface area contributed by atoms with Crippen molar-refractivity contribution in [3.63, 3.8) is 0 Å². The fourth-order valence-electron chi connectivity index (χ4n) is 1.72. The number of amides is 1. The molecule has 19 heavy (non-hydrogen) atoms. The van der Waals surface area contributed by atoms with E-state index in [4.69, 9.17) is 5.73 Å². The summed E-state index contributed by atoms with van der Waals surface area (Å²) >= 11 is 1.42. The SMILES string of the molecule is Cc1ccc2nc(NC(=O)c3[nH]ncc3N)sc2c1. The Labute approximate surface area is 112 Å². The van der Waals surface area contributed by atoms with E-state index in [-0.39, 0.29) is 11.6 Å². The van der Waals surface area contributed by atoms with E-state index < -0.39 is 0 Å². The van der Waals surface area contributed by atoms with Gasteiger partial charge in [0, 0.05) is 0 Å². The Morgan fingerprint density at radius 1 is 1.47 bits per heavy atom. The van der Waals surface area contributed by atoms with Crippen molar-refractivity contribution in [1.82, 2.24) is 15.2 Å². The molecule has 4 N–H and O–H groups in total. The average molecular weight is 273 g/mol. The van der Waals surface area contributed by atoms with E-state index in [0.717, 1.165) is 15.8 Å². The average Bonchev–Trinajstić information content (AvgIpc) is 2.94. The fraction of sp³-hybridized carbons (Fsp3) is 0.0833. The van der Waals surface area contributed by atoms with Gasteiger partial charge in [0.15, 0.2) is 5.13 Å². The molecule has 6 nitrogen and oxygen atoms in total. The fourth-order valence-corrected chi connectivity index (χ4v) is 2.68. The molecular weight excluding hydrogens is 262 g/mol. The Balaban J connectivity index is 1.89. The van der Waals surface area contributed by atoms with Crippen molar-refractivity contribution in [1.29, 1.82) is 0 Å². The maximum Gasteiger partial charge on any atom is 0.277 e. The van der Waals surface area contributed by atoms with Crippen LogP contribution >= 0.6 is 11.3 Å². The van der Waals surface area contributed by atoms with E-state index in [1.54, 1.807) is 0 Å². The lowest BCUT2D eigenvalue weighted by atomic mass is 10.2. The number of aryl methyl sites for hydroxylation is 1. The van der Waals surface area contributed by atoms with Gasteiger partial charge in [-0.1, -0.05) is 17.4 Å². The lowest BCUT2D eigenvalue weighted by Crippen LogP contribution is -2.13. The molecule has 0 saturated carbocycles. The summed E-state index contributed by atoms with van der Waals surface area (Å²) in [7, 11) is 0. The van der Waals surface area contributed by atoms with Crippen LogP contribution in [-0.4, -0.2) is 21.1 Å². The number of fused-ring (bicyclic) bond motifs is 1. The predicted octanol–water partition coefficient (Wildman–Crippen LogP) is 2.16. The minimum absolute atomic E-state index is 0.246. The number of H-pyrrole nitrogens is 1. The zero-order valence-electron chi connectivity index (χ0n) is 10.1. The number of aromatic nitrogens is 3. The van der Waals surface area contributed by atoms with E-state index in [1.165, 1.54) is 17.5 Å². The number of aromatic amines is 1. The number of anilines is 2. The van der Waals surface area contributed by atoms with Gasteiger partial charge in [0.25, 0.3) is 5.91 Å². The summed E-state index contributed by atoms with van der Waals surface area (Å²) in [4.78, 5) is 16.3. The quantitative estimate of drug-likeness (QED) is 0.666. The maximum atomic E-state index is 11.9. The summed E-state index contributed by atoms with van der Waals surface area (Å²) in [6, 6.07) is 5.95. The normalized spacial score (nSPS) is 10.8. The molecule has 0 aliphatic rings. The zero-order chi connectivity index (χ0) is 13.4. The first-order valence-corrected chi connectivity index (χ1v) is 6.42. The molecule has 0 bridgehead atoms. The van der Waals surface area contributed by atoms with Gasteiger partial charge in [-0.3, -0.25) is 15.2 Å². The Kier molecular flexibility index (Phi) is 2.68. The van der Waals surface area contributed by atoms with Gasteiger partial charge in [0.2, 0.25) is 0 Å². The lowest BCUT2D eigenvalue weighted by Gasteiger charge is -1.98. The summed E-state index contributed by atoms with van der Waals surface area (Å²) in [6.45, 7) is 2.02. The van der Waals surface area contributed by atoms with Crippen LogP contribution in [0.2, 0.25) is 0 Å². The highest BCUT2D eigenvalue weighted by Crippen LogP contribution is 2.27. The number of benzene rings is 1. The van der Waals surface area contributed by atoms with E-state index in [2.05, 4.69) is 20.5 Å². The van der Waals surface area contributed by atoms with Crippen molar-refractivity contribution in [2.75, 3.05) is 11.1 Å². The van der Waals surface area contributed by atoms with Crippen LogP contribution in [0.4, 0.5) is 10.8 Å². The van der Waals surface area contributed by atoms with Crippen molar-refractivity contribution >= 4 is 38.3 Å². The molecule has 0 saturated heterocycles. The molecule has 2 aromatic heterocycles. The third-order valence-corrected chi connectivity index (χ3v) is 3.59. The van der Waals surface area contributed by atoms with Gasteiger partial charge < -0.3 is 5.73 Å². The van der Waals surface area contributed by atoms with Crippen molar-refractivity contribution in [3.8, 4) is 0 Å². The standard InChI is InChI=1S/C12H11N5OS/c1-6-2-3-8-9(4-6)19-12(15-8)16-11(18)10-7(13)5-14-17-10/h2-5H,13H2,1H3,(H,14,17)(H,15,16,18). The van der Waals surface area contributed by atoms with Crippen LogP contribution < -0.4 is 11.1 Å². The molecule has 96 valence electrons. The van der Waals surface area contributed by atoms with Crippen LogP contribution in [0.3, 0.4) is 0 Å². The Hall–Kier alpha value is -2.41. The molecule has 0 fully saturated rings. The molecule has 0 atom stereocenters. The van der Waals surface area contributed by atoms with Gasteiger partial charge in [-0.05, 0) is 24.6 Å². The largest absolute Gasteiger partial charge is 0.396 e. The first kappa shape index (κ1) is 11.7. The number of nitrogen functional groups attached to an aromatic ring is 1. The highest BCUT2D eigenvalue weighted by molar-refractivity contribution is 7.22. The molecule has 1 aromatic carbocycles. The van der Waals surface area contributed by atoms with Gasteiger partial charge in [-0.25, -0.2) is 4.98 Å². The number of carbonyl (C=O) groups excluding carboxylic acids is 1. The monoisotopic (exact) mass is 273 g/mol. The number of rotatable bonds is 2. The highest BCUT2D eigenvalue weighted by Gasteiger charge is 2.14. The van der Waals surface area contributed by atoms with Gasteiger partial charge in [0.05, 0.1) is 22.1 Å². The third-order valence-electron chi connectivity index (χ3n) is 2.66. The minimum Gasteiger partial charge on any atom is -0.396 e. The second kappa shape index (κ2) is 4.36. The lowest BCUT2D eigenvalue weighted by molar-refractivity contribution is 0.102. The summed E-state index contributed by atoms with van der Waals surface area (Å²) < 4.78 is 1.04. The van der Waals surface area contributed by atoms with E-state index >= 15 is 0 Å². The number of hydrogen-bond acceptors (Lipinski definition) is 5. The van der Waals surface area contributed by atoms with Crippen LogP contribution in [0, 0.1) is 6.92 Å². The molecule has 0 aliphatic heterocycles. The summed E-state index contributed by atoms with van der Waals surface area (Å²) in [5.74, 6) is -0.342. The summed E-state index contributed by atoms with van der Waals surface area (Å²) in [5, 5.41) is 9.52. The van der Waals surface area contributed by atoms with Crippen LogP contribution in [0.25, 0.3) is 10.2 Å². The molecule has 3 aromatic rings. The molecule has 0 spiro atoms. The Bertz CT molecular complexity index is 760. The molecule has 0 aliphatic carbocycles. The van der Waals surface area contributed by atoms with Gasteiger partial charge >= 0.3 is 0 Å². The number of thiazole rings is 1. The van der Waals surface area contributed by atoms with Crippen molar-refractivity contribution in [3.05, 3.63) is 35.7 Å². The van der Waals surface area contributed by atoms with E-state index in [9.17, 15) is 4.79 Å². The molecule has 7 heteroatoms. The summed E-state index contributed by atoms with van der Waals surface area (Å²) in [6.07, 6.45) is 1.40. The van der Waals surface area contributed by atoms with Gasteiger partial charge in [-0.15, -0.1) is 0 Å². The predicted molar refractivity (Wildman–Crippen MR) is 75.3 cm³/mol. The second-order valence-corrected chi connectivity index (χ2v) is 5.18. The topological polar surface area (TPSA) is 96.7 Å². The second-order valence-electron chi connectivity index (χ2n) is 4.14. The molecule has 2 heterocycles. The molecule has 1 amide bonds. The molecule has 0 unspecified atom stereocenters.